The van der Waals surface area contributed by atoms with E-state index in [0.717, 1.165) is 11.5 Å². The van der Waals surface area contributed by atoms with E-state index in [1.165, 1.54) is 103 Å². The first-order valence-corrected chi connectivity index (χ1v) is 9.32. The second-order valence-electron chi connectivity index (χ2n) is 7.69. The van der Waals surface area contributed by atoms with Crippen LogP contribution in [-0.2, 0) is 0 Å². The molecule has 0 bridgehead atoms. The van der Waals surface area contributed by atoms with Crippen LogP contribution in [0.2, 0.25) is 0 Å². The summed E-state index contributed by atoms with van der Waals surface area (Å²) in [6, 6.07) is 0.895. The number of rotatable bonds is 8. The molecule has 3 fully saturated rings. The van der Waals surface area contributed by atoms with Crippen LogP contribution in [0.4, 0.5) is 0 Å². The lowest BCUT2D eigenvalue weighted by Crippen LogP contribution is -2.39. The van der Waals surface area contributed by atoms with Gasteiger partial charge in [-0.25, -0.2) is 0 Å². The molecule has 0 radical (unpaired) electrons. The van der Waals surface area contributed by atoms with Gasteiger partial charge in [-0.05, 0) is 83.0 Å². The molecule has 2 nitrogen and oxygen atoms in total. The highest BCUT2D eigenvalue weighted by Crippen LogP contribution is 2.46. The van der Waals surface area contributed by atoms with Crippen molar-refractivity contribution < 1.29 is 0 Å². The van der Waals surface area contributed by atoms with E-state index >= 15 is 0 Å². The highest BCUT2D eigenvalue weighted by atomic mass is 15.1. The molecule has 1 spiro atoms. The zero-order chi connectivity index (χ0) is 13.7. The van der Waals surface area contributed by atoms with Crippen LogP contribution < -0.4 is 5.32 Å². The van der Waals surface area contributed by atoms with E-state index in [2.05, 4.69) is 10.2 Å². The Morgan fingerprint density at radius 1 is 0.850 bits per heavy atom. The third-order valence-corrected chi connectivity index (χ3v) is 5.99. The van der Waals surface area contributed by atoms with Gasteiger partial charge in [0.05, 0.1) is 0 Å². The van der Waals surface area contributed by atoms with Crippen LogP contribution in [-0.4, -0.2) is 37.1 Å². The van der Waals surface area contributed by atoms with Gasteiger partial charge in [0.2, 0.25) is 0 Å². The molecule has 0 aromatic heterocycles. The predicted molar refractivity (Wildman–Crippen MR) is 86.1 cm³/mol. The standard InChI is InChI=1S/C18H34N2/c1(5-13-19-17-7-8-17)2-6-14-20-15-11-18(12-16-20)9-3-4-10-18/h17,19H,1-16H2. The van der Waals surface area contributed by atoms with Crippen LogP contribution >= 0.6 is 0 Å². The second-order valence-corrected chi connectivity index (χ2v) is 7.69. The number of likely N-dealkylation sites (tertiary alicyclic amines) is 1. The van der Waals surface area contributed by atoms with Gasteiger partial charge >= 0.3 is 0 Å². The highest BCUT2D eigenvalue weighted by molar-refractivity contribution is 4.89. The Bertz CT molecular complexity index is 269. The van der Waals surface area contributed by atoms with Crippen molar-refractivity contribution in [2.45, 2.75) is 83.1 Å². The van der Waals surface area contributed by atoms with Gasteiger partial charge in [-0.3, -0.25) is 0 Å². The van der Waals surface area contributed by atoms with Crippen molar-refractivity contribution in [3.05, 3.63) is 0 Å². The Labute approximate surface area is 125 Å². The van der Waals surface area contributed by atoms with Crippen molar-refractivity contribution in [3.8, 4) is 0 Å². The summed E-state index contributed by atoms with van der Waals surface area (Å²) in [6.45, 7) is 5.41. The number of unbranched alkanes of at least 4 members (excludes halogenated alkanes) is 3. The van der Waals surface area contributed by atoms with Gasteiger partial charge in [-0.2, -0.15) is 0 Å². The topological polar surface area (TPSA) is 15.3 Å². The molecule has 0 unspecified atom stereocenters. The van der Waals surface area contributed by atoms with Crippen LogP contribution in [0.15, 0.2) is 0 Å². The quantitative estimate of drug-likeness (QED) is 0.676. The molecule has 116 valence electrons. The Balaban J connectivity index is 1.18. The van der Waals surface area contributed by atoms with Gasteiger partial charge in [-0.15, -0.1) is 0 Å². The minimum Gasteiger partial charge on any atom is -0.314 e. The first-order chi connectivity index (χ1) is 9.86. The number of nitrogens with zero attached hydrogens (tertiary/aromatic N) is 1. The van der Waals surface area contributed by atoms with Crippen molar-refractivity contribution in [2.24, 2.45) is 5.41 Å². The second kappa shape index (κ2) is 7.26. The minimum absolute atomic E-state index is 0.797. The molecule has 1 heterocycles. The first kappa shape index (κ1) is 14.8. The van der Waals surface area contributed by atoms with E-state index in [1.807, 2.05) is 0 Å². The summed E-state index contributed by atoms with van der Waals surface area (Å²) in [4.78, 5) is 2.74. The van der Waals surface area contributed by atoms with Crippen LogP contribution in [0, 0.1) is 5.41 Å². The molecule has 0 amide bonds. The van der Waals surface area contributed by atoms with Crippen LogP contribution in [0.3, 0.4) is 0 Å². The summed E-state index contributed by atoms with van der Waals surface area (Å²) in [5, 5.41) is 3.61. The molecular weight excluding hydrogens is 244 g/mol. The van der Waals surface area contributed by atoms with Gasteiger partial charge in [0, 0.05) is 6.04 Å². The zero-order valence-electron chi connectivity index (χ0n) is 13.3. The third-order valence-electron chi connectivity index (χ3n) is 5.99. The number of hydrogen-bond acceptors (Lipinski definition) is 2. The van der Waals surface area contributed by atoms with E-state index in [9.17, 15) is 0 Å². The molecule has 0 aromatic carbocycles. The Kier molecular flexibility index (Phi) is 5.39. The van der Waals surface area contributed by atoms with Gasteiger partial charge in [0.1, 0.15) is 0 Å². The minimum atomic E-state index is 0.797. The number of piperidine rings is 1. The molecule has 1 N–H and O–H groups in total. The fourth-order valence-corrected chi connectivity index (χ4v) is 4.28. The number of hydrogen-bond donors (Lipinski definition) is 1. The van der Waals surface area contributed by atoms with E-state index in [4.69, 9.17) is 0 Å². The summed E-state index contributed by atoms with van der Waals surface area (Å²) < 4.78 is 0. The van der Waals surface area contributed by atoms with Crippen molar-refractivity contribution in [1.29, 1.82) is 0 Å². The van der Waals surface area contributed by atoms with Gasteiger partial charge in [-0.1, -0.05) is 25.7 Å². The highest BCUT2D eigenvalue weighted by Gasteiger charge is 2.36. The molecule has 0 aromatic rings. The molecule has 2 aliphatic carbocycles. The van der Waals surface area contributed by atoms with Crippen molar-refractivity contribution in [2.75, 3.05) is 26.2 Å². The summed E-state index contributed by atoms with van der Waals surface area (Å²) in [7, 11) is 0. The Morgan fingerprint density at radius 3 is 2.25 bits per heavy atom. The van der Waals surface area contributed by atoms with Crippen molar-refractivity contribution >= 4 is 0 Å². The molecule has 3 rings (SSSR count). The molecule has 2 saturated carbocycles. The number of nitrogens with one attached hydrogen (secondary N) is 1. The summed E-state index contributed by atoms with van der Waals surface area (Å²) in [6.07, 6.45) is 17.6. The van der Waals surface area contributed by atoms with Gasteiger partial charge in [0.15, 0.2) is 0 Å². The molecule has 0 atom stereocenters. The third kappa shape index (κ3) is 4.46. The maximum absolute atomic E-state index is 3.61. The average molecular weight is 278 g/mol. The van der Waals surface area contributed by atoms with Crippen molar-refractivity contribution in [1.82, 2.24) is 10.2 Å². The van der Waals surface area contributed by atoms with Gasteiger partial charge in [0.25, 0.3) is 0 Å². The van der Waals surface area contributed by atoms with E-state index in [1.54, 1.807) is 0 Å². The largest absolute Gasteiger partial charge is 0.314 e. The lowest BCUT2D eigenvalue weighted by Gasteiger charge is -2.39. The fourth-order valence-electron chi connectivity index (χ4n) is 4.28. The normalized spacial score (nSPS) is 26.4. The maximum Gasteiger partial charge on any atom is 0.00682 e. The molecule has 1 aliphatic heterocycles. The monoisotopic (exact) mass is 278 g/mol. The van der Waals surface area contributed by atoms with E-state index < -0.39 is 0 Å². The Morgan fingerprint density at radius 2 is 1.55 bits per heavy atom. The fraction of sp³-hybridized carbons (Fsp3) is 1.00. The van der Waals surface area contributed by atoms with Crippen LogP contribution in [0.1, 0.15) is 77.0 Å². The molecule has 1 saturated heterocycles. The summed E-state index contributed by atoms with van der Waals surface area (Å²) >= 11 is 0. The molecule has 20 heavy (non-hydrogen) atoms. The molecule has 2 heteroatoms. The molecular formula is C18H34N2. The van der Waals surface area contributed by atoms with E-state index in [-0.39, 0.29) is 0 Å². The SMILES string of the molecule is C(CCCN1CCC2(CCCC2)CC1)CCNC1CC1. The average Bonchev–Trinajstić information content (AvgIpc) is 3.19. The molecule has 3 aliphatic rings. The smallest absolute Gasteiger partial charge is 0.00682 e. The van der Waals surface area contributed by atoms with E-state index in [0.29, 0.717) is 0 Å². The lowest BCUT2D eigenvalue weighted by atomic mass is 9.77. The summed E-state index contributed by atoms with van der Waals surface area (Å²) in [5.41, 5.74) is 0.797. The van der Waals surface area contributed by atoms with Crippen molar-refractivity contribution in [3.63, 3.8) is 0 Å². The maximum atomic E-state index is 3.61. The first-order valence-electron chi connectivity index (χ1n) is 9.32. The Hall–Kier alpha value is -0.0800. The summed E-state index contributed by atoms with van der Waals surface area (Å²) in [5.74, 6) is 0. The lowest BCUT2D eigenvalue weighted by molar-refractivity contribution is 0.107. The van der Waals surface area contributed by atoms with Crippen LogP contribution in [0.5, 0.6) is 0 Å². The van der Waals surface area contributed by atoms with Crippen LogP contribution in [0.25, 0.3) is 0 Å². The zero-order valence-corrected chi connectivity index (χ0v) is 13.3. The predicted octanol–water partition coefficient (Wildman–Crippen LogP) is 3.96. The van der Waals surface area contributed by atoms with Gasteiger partial charge < -0.3 is 10.2 Å².